The first-order chi connectivity index (χ1) is 7.71. The van der Waals surface area contributed by atoms with Crippen molar-refractivity contribution in [2.24, 2.45) is 5.41 Å². The molecule has 3 heteroatoms. The van der Waals surface area contributed by atoms with E-state index in [0.717, 1.165) is 19.5 Å². The maximum absolute atomic E-state index is 12.2. The quantitative estimate of drug-likeness (QED) is 0.703. The molecule has 1 amide bonds. The zero-order valence-electron chi connectivity index (χ0n) is 10.3. The van der Waals surface area contributed by atoms with Crippen molar-refractivity contribution in [3.63, 3.8) is 0 Å². The summed E-state index contributed by atoms with van der Waals surface area (Å²) >= 11 is 0. The molecule has 0 aromatic carbocycles. The molecule has 1 aliphatic heterocycles. The van der Waals surface area contributed by atoms with Gasteiger partial charge >= 0.3 is 0 Å². The highest BCUT2D eigenvalue weighted by Gasteiger charge is 2.36. The minimum Gasteiger partial charge on any atom is -0.353 e. The molecule has 2 fully saturated rings. The van der Waals surface area contributed by atoms with Crippen LogP contribution in [0.2, 0.25) is 0 Å². The normalized spacial score (nSPS) is 32.3. The fraction of sp³-hybridized carbons (Fsp3) is 0.923. The first-order valence-corrected chi connectivity index (χ1v) is 6.72. The van der Waals surface area contributed by atoms with Gasteiger partial charge < -0.3 is 10.6 Å². The highest BCUT2D eigenvalue weighted by molar-refractivity contribution is 5.83. The minimum absolute atomic E-state index is 0.160. The lowest BCUT2D eigenvalue weighted by Crippen LogP contribution is -2.45. The van der Waals surface area contributed by atoms with Crippen LogP contribution in [0.5, 0.6) is 0 Å². The average Bonchev–Trinajstić information content (AvgIpc) is 2.56. The van der Waals surface area contributed by atoms with E-state index in [1.165, 1.54) is 38.5 Å². The SMILES string of the molecule is CC1(C(=O)NC2CCCCCC2)CCNC1. The van der Waals surface area contributed by atoms with Crippen LogP contribution in [-0.2, 0) is 4.79 Å². The molecular formula is C13H24N2O. The van der Waals surface area contributed by atoms with Crippen LogP contribution in [0.4, 0.5) is 0 Å². The van der Waals surface area contributed by atoms with E-state index in [1.54, 1.807) is 0 Å². The van der Waals surface area contributed by atoms with Crippen molar-refractivity contribution in [2.75, 3.05) is 13.1 Å². The second kappa shape index (κ2) is 5.17. The molecule has 1 unspecified atom stereocenters. The first kappa shape index (κ1) is 11.9. The lowest BCUT2D eigenvalue weighted by Gasteiger charge is -2.25. The summed E-state index contributed by atoms with van der Waals surface area (Å²) in [6.45, 7) is 3.90. The number of nitrogens with one attached hydrogen (secondary N) is 2. The summed E-state index contributed by atoms with van der Waals surface area (Å²) in [5.74, 6) is 0.268. The molecule has 0 spiro atoms. The minimum atomic E-state index is -0.160. The van der Waals surface area contributed by atoms with E-state index >= 15 is 0 Å². The molecule has 2 aliphatic rings. The van der Waals surface area contributed by atoms with Gasteiger partial charge in [0.2, 0.25) is 5.91 Å². The van der Waals surface area contributed by atoms with Gasteiger partial charge in [0.25, 0.3) is 0 Å². The molecule has 2 rings (SSSR count). The van der Waals surface area contributed by atoms with Crippen LogP contribution in [0.15, 0.2) is 0 Å². The predicted molar refractivity (Wildman–Crippen MR) is 65.2 cm³/mol. The van der Waals surface area contributed by atoms with Crippen molar-refractivity contribution in [3.05, 3.63) is 0 Å². The Balaban J connectivity index is 1.85. The van der Waals surface area contributed by atoms with Crippen molar-refractivity contribution in [1.29, 1.82) is 0 Å². The molecule has 0 bridgehead atoms. The van der Waals surface area contributed by atoms with Crippen LogP contribution >= 0.6 is 0 Å². The van der Waals surface area contributed by atoms with Crippen LogP contribution in [-0.4, -0.2) is 25.0 Å². The Hall–Kier alpha value is -0.570. The summed E-state index contributed by atoms with van der Waals surface area (Å²) in [5, 5.41) is 6.54. The summed E-state index contributed by atoms with van der Waals surface area (Å²) < 4.78 is 0. The third-order valence-corrected chi connectivity index (χ3v) is 4.11. The van der Waals surface area contributed by atoms with Crippen LogP contribution in [0.3, 0.4) is 0 Å². The lowest BCUT2D eigenvalue weighted by molar-refractivity contribution is -0.130. The molecule has 1 atom stereocenters. The maximum Gasteiger partial charge on any atom is 0.227 e. The Morgan fingerprint density at radius 3 is 2.50 bits per heavy atom. The second-order valence-electron chi connectivity index (χ2n) is 5.65. The van der Waals surface area contributed by atoms with Crippen LogP contribution < -0.4 is 10.6 Å². The Morgan fingerprint density at radius 1 is 1.25 bits per heavy atom. The first-order valence-electron chi connectivity index (χ1n) is 6.72. The number of rotatable bonds is 2. The van der Waals surface area contributed by atoms with Gasteiger partial charge in [0.1, 0.15) is 0 Å². The molecule has 1 saturated carbocycles. The van der Waals surface area contributed by atoms with E-state index in [2.05, 4.69) is 17.6 Å². The van der Waals surface area contributed by atoms with Gasteiger partial charge in [0, 0.05) is 12.6 Å². The Labute approximate surface area is 98.4 Å². The average molecular weight is 224 g/mol. The van der Waals surface area contributed by atoms with Crippen molar-refractivity contribution >= 4 is 5.91 Å². The highest BCUT2D eigenvalue weighted by Crippen LogP contribution is 2.26. The van der Waals surface area contributed by atoms with E-state index in [-0.39, 0.29) is 11.3 Å². The van der Waals surface area contributed by atoms with Gasteiger partial charge in [-0.15, -0.1) is 0 Å². The van der Waals surface area contributed by atoms with Gasteiger partial charge in [-0.25, -0.2) is 0 Å². The molecule has 1 saturated heterocycles. The molecule has 0 radical (unpaired) electrons. The number of hydrogen-bond acceptors (Lipinski definition) is 2. The van der Waals surface area contributed by atoms with E-state index in [0.29, 0.717) is 6.04 Å². The summed E-state index contributed by atoms with van der Waals surface area (Å²) in [6.07, 6.45) is 8.56. The summed E-state index contributed by atoms with van der Waals surface area (Å²) in [7, 11) is 0. The number of carbonyl (C=O) groups is 1. The fourth-order valence-electron chi connectivity index (χ4n) is 2.79. The van der Waals surface area contributed by atoms with E-state index in [1.807, 2.05) is 0 Å². The van der Waals surface area contributed by atoms with E-state index in [4.69, 9.17) is 0 Å². The summed E-state index contributed by atoms with van der Waals surface area (Å²) in [6, 6.07) is 0.437. The smallest absolute Gasteiger partial charge is 0.227 e. The maximum atomic E-state index is 12.2. The largest absolute Gasteiger partial charge is 0.353 e. The topological polar surface area (TPSA) is 41.1 Å². The molecule has 16 heavy (non-hydrogen) atoms. The predicted octanol–water partition coefficient (Wildman–Crippen LogP) is 1.82. The van der Waals surface area contributed by atoms with Crippen molar-refractivity contribution in [3.8, 4) is 0 Å². The molecule has 2 N–H and O–H groups in total. The Kier molecular flexibility index (Phi) is 3.85. The zero-order chi connectivity index (χ0) is 11.4. The van der Waals surface area contributed by atoms with Crippen molar-refractivity contribution < 1.29 is 4.79 Å². The van der Waals surface area contributed by atoms with Gasteiger partial charge in [-0.3, -0.25) is 4.79 Å². The molecule has 1 aliphatic carbocycles. The number of amides is 1. The molecule has 92 valence electrons. The number of hydrogen-bond donors (Lipinski definition) is 2. The Morgan fingerprint density at radius 2 is 1.94 bits per heavy atom. The van der Waals surface area contributed by atoms with Gasteiger partial charge in [-0.05, 0) is 32.7 Å². The van der Waals surface area contributed by atoms with Crippen molar-refractivity contribution in [2.45, 2.75) is 57.9 Å². The highest BCUT2D eigenvalue weighted by atomic mass is 16.2. The standard InChI is InChI=1S/C13H24N2O/c1-13(8-9-14-10-13)12(16)15-11-6-4-2-3-5-7-11/h11,14H,2-10H2,1H3,(H,15,16). The fourth-order valence-corrected chi connectivity index (χ4v) is 2.79. The summed E-state index contributed by atoms with van der Waals surface area (Å²) in [4.78, 5) is 12.2. The lowest BCUT2D eigenvalue weighted by atomic mass is 9.88. The van der Waals surface area contributed by atoms with Gasteiger partial charge in [0.15, 0.2) is 0 Å². The molecule has 1 heterocycles. The number of carbonyl (C=O) groups excluding carboxylic acids is 1. The second-order valence-corrected chi connectivity index (χ2v) is 5.65. The molecule has 0 aromatic rings. The van der Waals surface area contributed by atoms with E-state index < -0.39 is 0 Å². The monoisotopic (exact) mass is 224 g/mol. The van der Waals surface area contributed by atoms with Gasteiger partial charge in [0.05, 0.1) is 5.41 Å². The molecule has 3 nitrogen and oxygen atoms in total. The van der Waals surface area contributed by atoms with Crippen LogP contribution in [0, 0.1) is 5.41 Å². The Bertz CT molecular complexity index is 238. The third-order valence-electron chi connectivity index (χ3n) is 4.11. The third kappa shape index (κ3) is 2.76. The van der Waals surface area contributed by atoms with Gasteiger partial charge in [-0.1, -0.05) is 25.7 Å². The van der Waals surface area contributed by atoms with Crippen molar-refractivity contribution in [1.82, 2.24) is 10.6 Å². The zero-order valence-corrected chi connectivity index (χ0v) is 10.3. The molecular weight excluding hydrogens is 200 g/mol. The molecule has 0 aromatic heterocycles. The van der Waals surface area contributed by atoms with Crippen LogP contribution in [0.1, 0.15) is 51.9 Å². The summed E-state index contributed by atoms with van der Waals surface area (Å²) in [5.41, 5.74) is -0.160. The van der Waals surface area contributed by atoms with E-state index in [9.17, 15) is 4.79 Å². The van der Waals surface area contributed by atoms with Crippen LogP contribution in [0.25, 0.3) is 0 Å². The van der Waals surface area contributed by atoms with Gasteiger partial charge in [-0.2, -0.15) is 0 Å².